The lowest BCUT2D eigenvalue weighted by atomic mass is 10.4. The summed E-state index contributed by atoms with van der Waals surface area (Å²) in [7, 11) is 0. The van der Waals surface area contributed by atoms with E-state index in [1.165, 1.54) is 34.0 Å². The van der Waals surface area contributed by atoms with Crippen molar-refractivity contribution in [2.24, 2.45) is 0 Å². The van der Waals surface area contributed by atoms with E-state index in [-0.39, 0.29) is 19.1 Å². The quantitative estimate of drug-likeness (QED) is 0.447. The molecule has 0 aromatic carbocycles. The van der Waals surface area contributed by atoms with Crippen LogP contribution in [0.5, 0.6) is 0 Å². The van der Waals surface area contributed by atoms with Crippen molar-refractivity contribution in [3.63, 3.8) is 0 Å². The molecule has 9 heteroatoms. The highest BCUT2D eigenvalue weighted by molar-refractivity contribution is 5.88. The number of esters is 1. The van der Waals surface area contributed by atoms with Crippen molar-refractivity contribution in [2.75, 3.05) is 6.61 Å². The normalized spacial score (nSPS) is 10.4. The molecule has 0 aliphatic carbocycles. The summed E-state index contributed by atoms with van der Waals surface area (Å²) in [6.45, 7) is 2.17. The van der Waals surface area contributed by atoms with Gasteiger partial charge in [0, 0.05) is 6.20 Å². The molecule has 0 fully saturated rings. The second kappa shape index (κ2) is 5.29. The standard InChI is InChI=1S/C10H11N5O4/c1-2-19-10(16)8-5-11-14(6-8)7-13-4-3-9(12-13)15(17)18/h3-6H,2,7H2,1H3. The number of rotatable bonds is 5. The number of hydrogen-bond acceptors (Lipinski definition) is 6. The van der Waals surface area contributed by atoms with Crippen LogP contribution in [0.2, 0.25) is 0 Å². The average molecular weight is 265 g/mol. The van der Waals surface area contributed by atoms with Crippen molar-refractivity contribution in [1.82, 2.24) is 19.6 Å². The molecule has 9 nitrogen and oxygen atoms in total. The van der Waals surface area contributed by atoms with Gasteiger partial charge in [0.15, 0.2) is 6.67 Å². The second-order valence-corrected chi connectivity index (χ2v) is 3.60. The number of aromatic nitrogens is 4. The zero-order valence-corrected chi connectivity index (χ0v) is 10.1. The first kappa shape index (κ1) is 12.7. The van der Waals surface area contributed by atoms with Crippen LogP contribution in [0.3, 0.4) is 0 Å². The van der Waals surface area contributed by atoms with Gasteiger partial charge in [0.1, 0.15) is 0 Å². The zero-order valence-electron chi connectivity index (χ0n) is 10.1. The minimum absolute atomic E-state index is 0.174. The summed E-state index contributed by atoms with van der Waals surface area (Å²) in [5.74, 6) is -0.696. The molecule has 0 radical (unpaired) electrons. The molecule has 2 aromatic heterocycles. The van der Waals surface area contributed by atoms with Gasteiger partial charge in [0.2, 0.25) is 0 Å². The number of carbonyl (C=O) groups is 1. The maximum Gasteiger partial charge on any atom is 0.389 e. The van der Waals surface area contributed by atoms with Gasteiger partial charge in [0.05, 0.1) is 35.7 Å². The fraction of sp³-hybridized carbons (Fsp3) is 0.300. The summed E-state index contributed by atoms with van der Waals surface area (Å²) in [5, 5.41) is 18.2. The predicted molar refractivity (Wildman–Crippen MR) is 62.5 cm³/mol. The number of carbonyl (C=O) groups excluding carboxylic acids is 1. The Morgan fingerprint density at radius 2 is 2.32 bits per heavy atom. The van der Waals surface area contributed by atoms with Crippen molar-refractivity contribution in [1.29, 1.82) is 0 Å². The Morgan fingerprint density at radius 3 is 2.95 bits per heavy atom. The van der Waals surface area contributed by atoms with Gasteiger partial charge < -0.3 is 14.9 Å². The third-order valence-electron chi connectivity index (χ3n) is 2.25. The molecule has 0 bridgehead atoms. The molecule has 2 heterocycles. The SMILES string of the molecule is CCOC(=O)c1cnn(Cn2ccc([N+](=O)[O-])n2)c1. The largest absolute Gasteiger partial charge is 0.462 e. The number of hydrogen-bond donors (Lipinski definition) is 0. The molecule has 0 aliphatic rings. The summed E-state index contributed by atoms with van der Waals surface area (Å²) in [4.78, 5) is 21.3. The van der Waals surface area contributed by atoms with Gasteiger partial charge in [-0.1, -0.05) is 0 Å². The van der Waals surface area contributed by atoms with Crippen LogP contribution in [0, 0.1) is 10.1 Å². The summed E-state index contributed by atoms with van der Waals surface area (Å²) in [6, 6.07) is 1.29. The first-order valence-corrected chi connectivity index (χ1v) is 5.47. The lowest BCUT2D eigenvalue weighted by Gasteiger charge is -1.98. The first-order valence-electron chi connectivity index (χ1n) is 5.47. The zero-order chi connectivity index (χ0) is 13.8. The summed E-state index contributed by atoms with van der Waals surface area (Å²) < 4.78 is 7.60. The molecular weight excluding hydrogens is 254 g/mol. The van der Waals surface area contributed by atoms with Crippen molar-refractivity contribution in [3.05, 3.63) is 40.3 Å². The van der Waals surface area contributed by atoms with Crippen LogP contribution in [0.15, 0.2) is 24.7 Å². The number of ether oxygens (including phenoxy) is 1. The molecule has 100 valence electrons. The highest BCUT2D eigenvalue weighted by Crippen LogP contribution is 2.06. The molecule has 0 saturated heterocycles. The highest BCUT2D eigenvalue weighted by Gasteiger charge is 2.13. The van der Waals surface area contributed by atoms with E-state index < -0.39 is 10.9 Å². The van der Waals surface area contributed by atoms with Crippen molar-refractivity contribution in [3.8, 4) is 0 Å². The average Bonchev–Trinajstić information content (AvgIpc) is 2.99. The number of nitrogens with zero attached hydrogens (tertiary/aromatic N) is 5. The van der Waals surface area contributed by atoms with E-state index in [4.69, 9.17) is 4.74 Å². The number of nitro groups is 1. The van der Waals surface area contributed by atoms with Gasteiger partial charge in [-0.15, -0.1) is 0 Å². The molecule has 0 spiro atoms. The fourth-order valence-electron chi connectivity index (χ4n) is 1.44. The topological polar surface area (TPSA) is 105 Å². The third kappa shape index (κ3) is 2.94. The molecule has 0 amide bonds. The van der Waals surface area contributed by atoms with E-state index in [2.05, 4.69) is 10.2 Å². The van der Waals surface area contributed by atoms with Crippen LogP contribution in [0.1, 0.15) is 17.3 Å². The Kier molecular flexibility index (Phi) is 3.55. The van der Waals surface area contributed by atoms with Crippen LogP contribution >= 0.6 is 0 Å². The maximum absolute atomic E-state index is 11.4. The van der Waals surface area contributed by atoms with Crippen molar-refractivity contribution >= 4 is 11.8 Å². The van der Waals surface area contributed by atoms with Crippen LogP contribution in [-0.2, 0) is 11.4 Å². The van der Waals surface area contributed by atoms with Gasteiger partial charge in [-0.3, -0.25) is 0 Å². The smallest absolute Gasteiger partial charge is 0.389 e. The molecule has 2 rings (SSSR count). The summed E-state index contributed by atoms with van der Waals surface area (Å²) in [6.07, 6.45) is 4.32. The molecule has 0 N–H and O–H groups in total. The summed E-state index contributed by atoms with van der Waals surface area (Å²) in [5.41, 5.74) is 0.323. The Morgan fingerprint density at radius 1 is 1.53 bits per heavy atom. The Labute approximate surface area is 107 Å². The van der Waals surface area contributed by atoms with Crippen LogP contribution in [0.4, 0.5) is 5.82 Å². The Balaban J connectivity index is 2.06. The summed E-state index contributed by atoms with van der Waals surface area (Å²) >= 11 is 0. The maximum atomic E-state index is 11.4. The minimum Gasteiger partial charge on any atom is -0.462 e. The minimum atomic E-state index is -0.580. The van der Waals surface area contributed by atoms with Gasteiger partial charge in [-0.05, 0) is 11.8 Å². The Bertz CT molecular complexity index is 603. The highest BCUT2D eigenvalue weighted by atomic mass is 16.6. The van der Waals surface area contributed by atoms with E-state index in [9.17, 15) is 14.9 Å². The Hall–Kier alpha value is -2.71. The molecule has 0 aliphatic heterocycles. The molecule has 0 atom stereocenters. The van der Waals surface area contributed by atoms with Gasteiger partial charge in [-0.2, -0.15) is 9.78 Å². The molecule has 0 unspecified atom stereocenters. The van der Waals surface area contributed by atoms with Crippen LogP contribution < -0.4 is 0 Å². The van der Waals surface area contributed by atoms with E-state index in [0.29, 0.717) is 5.56 Å². The lowest BCUT2D eigenvalue weighted by Crippen LogP contribution is -2.09. The van der Waals surface area contributed by atoms with Gasteiger partial charge >= 0.3 is 11.8 Å². The predicted octanol–water partition coefficient (Wildman–Crippen LogP) is 0.670. The van der Waals surface area contributed by atoms with Crippen molar-refractivity contribution in [2.45, 2.75) is 13.6 Å². The van der Waals surface area contributed by atoms with E-state index in [1.54, 1.807) is 6.92 Å². The lowest BCUT2D eigenvalue weighted by molar-refractivity contribution is -0.389. The van der Waals surface area contributed by atoms with E-state index >= 15 is 0 Å². The monoisotopic (exact) mass is 265 g/mol. The third-order valence-corrected chi connectivity index (χ3v) is 2.25. The molecule has 0 saturated carbocycles. The van der Waals surface area contributed by atoms with Crippen LogP contribution in [-0.4, -0.2) is 37.1 Å². The first-order chi connectivity index (χ1) is 9.10. The molecule has 2 aromatic rings. The van der Waals surface area contributed by atoms with Gasteiger partial charge in [-0.25, -0.2) is 9.48 Å². The van der Waals surface area contributed by atoms with E-state index in [0.717, 1.165) is 0 Å². The van der Waals surface area contributed by atoms with Crippen molar-refractivity contribution < 1.29 is 14.5 Å². The van der Waals surface area contributed by atoms with Gasteiger partial charge in [0.25, 0.3) is 0 Å². The van der Waals surface area contributed by atoms with E-state index in [1.807, 2.05) is 0 Å². The molecule has 19 heavy (non-hydrogen) atoms. The second-order valence-electron chi connectivity index (χ2n) is 3.60. The molecular formula is C10H11N5O4. The fourth-order valence-corrected chi connectivity index (χ4v) is 1.44. The van der Waals surface area contributed by atoms with Crippen LogP contribution in [0.25, 0.3) is 0 Å².